The van der Waals surface area contributed by atoms with Gasteiger partial charge in [-0.25, -0.2) is 9.97 Å². The van der Waals surface area contributed by atoms with E-state index in [1.807, 2.05) is 31.2 Å². The summed E-state index contributed by atoms with van der Waals surface area (Å²) in [4.78, 5) is 12.8. The maximum absolute atomic E-state index is 9.00. The molecule has 0 fully saturated rings. The lowest BCUT2D eigenvalue weighted by Gasteiger charge is -2.08. The minimum absolute atomic E-state index is 0.150. The van der Waals surface area contributed by atoms with Crippen molar-refractivity contribution < 1.29 is 4.74 Å². The third kappa shape index (κ3) is 2.52. The van der Waals surface area contributed by atoms with E-state index in [1.165, 1.54) is 0 Å². The van der Waals surface area contributed by atoms with Gasteiger partial charge in [0.15, 0.2) is 5.52 Å². The highest BCUT2D eigenvalue weighted by Crippen LogP contribution is 2.26. The standard InChI is InChI=1S/C16H13N5O/c1-2-22-15-14-13(20-16(18)21-15)7-6-12(19-14)11-5-3-4-10(8-11)9-17/h3-8H,2H2,1H3,(H2,18,20,21). The van der Waals surface area contributed by atoms with Gasteiger partial charge in [-0.2, -0.15) is 10.2 Å². The number of pyridine rings is 1. The van der Waals surface area contributed by atoms with E-state index in [0.717, 1.165) is 11.3 Å². The summed E-state index contributed by atoms with van der Waals surface area (Å²) >= 11 is 0. The summed E-state index contributed by atoms with van der Waals surface area (Å²) in [5.41, 5.74) is 9.00. The van der Waals surface area contributed by atoms with Crippen LogP contribution in [0.5, 0.6) is 5.88 Å². The molecule has 6 nitrogen and oxygen atoms in total. The third-order valence-electron chi connectivity index (χ3n) is 3.10. The summed E-state index contributed by atoms with van der Waals surface area (Å²) in [6, 6.07) is 13.0. The lowest BCUT2D eigenvalue weighted by Crippen LogP contribution is -2.02. The van der Waals surface area contributed by atoms with Crippen molar-refractivity contribution in [2.75, 3.05) is 12.3 Å². The number of aromatic nitrogens is 3. The highest BCUT2D eigenvalue weighted by atomic mass is 16.5. The molecule has 0 radical (unpaired) electrons. The van der Waals surface area contributed by atoms with Crippen LogP contribution in [0.15, 0.2) is 36.4 Å². The first-order chi connectivity index (χ1) is 10.7. The van der Waals surface area contributed by atoms with Gasteiger partial charge in [0, 0.05) is 5.56 Å². The van der Waals surface area contributed by atoms with Gasteiger partial charge in [-0.1, -0.05) is 12.1 Å². The van der Waals surface area contributed by atoms with Gasteiger partial charge in [0.05, 0.1) is 29.5 Å². The summed E-state index contributed by atoms with van der Waals surface area (Å²) in [6.45, 7) is 2.33. The molecule has 2 N–H and O–H groups in total. The molecule has 1 aromatic carbocycles. The number of nitriles is 1. The van der Waals surface area contributed by atoms with Crippen molar-refractivity contribution in [2.24, 2.45) is 0 Å². The number of nitrogen functional groups attached to an aromatic ring is 1. The van der Waals surface area contributed by atoms with Crippen LogP contribution in [0.2, 0.25) is 0 Å². The zero-order chi connectivity index (χ0) is 15.5. The highest BCUT2D eigenvalue weighted by molar-refractivity contribution is 5.83. The lowest BCUT2D eigenvalue weighted by molar-refractivity contribution is 0.330. The summed E-state index contributed by atoms with van der Waals surface area (Å²) < 4.78 is 5.49. The van der Waals surface area contributed by atoms with E-state index in [9.17, 15) is 0 Å². The van der Waals surface area contributed by atoms with Crippen molar-refractivity contribution in [2.45, 2.75) is 6.92 Å². The van der Waals surface area contributed by atoms with Crippen LogP contribution in [0.25, 0.3) is 22.3 Å². The molecule has 0 amide bonds. The number of benzene rings is 1. The summed E-state index contributed by atoms with van der Waals surface area (Å²) in [5.74, 6) is 0.514. The van der Waals surface area contributed by atoms with Gasteiger partial charge in [0.2, 0.25) is 11.8 Å². The Morgan fingerprint density at radius 1 is 1.18 bits per heavy atom. The predicted octanol–water partition coefficient (Wildman–Crippen LogP) is 2.54. The molecule has 2 heterocycles. The topological polar surface area (TPSA) is 97.7 Å². The smallest absolute Gasteiger partial charge is 0.245 e. The van der Waals surface area contributed by atoms with Crippen molar-refractivity contribution in [3.63, 3.8) is 0 Å². The Bertz CT molecular complexity index is 885. The molecule has 0 saturated carbocycles. The van der Waals surface area contributed by atoms with Crippen LogP contribution < -0.4 is 10.5 Å². The maximum atomic E-state index is 9.00. The molecule has 0 spiro atoms. The lowest BCUT2D eigenvalue weighted by atomic mass is 10.1. The van der Waals surface area contributed by atoms with E-state index < -0.39 is 0 Å². The van der Waals surface area contributed by atoms with E-state index >= 15 is 0 Å². The third-order valence-corrected chi connectivity index (χ3v) is 3.10. The van der Waals surface area contributed by atoms with Gasteiger partial charge in [-0.05, 0) is 31.2 Å². The Labute approximate surface area is 127 Å². The van der Waals surface area contributed by atoms with Crippen LogP contribution in [-0.2, 0) is 0 Å². The van der Waals surface area contributed by atoms with Gasteiger partial charge < -0.3 is 10.5 Å². The molecule has 0 bridgehead atoms. The SMILES string of the molecule is CCOc1nc(N)nc2ccc(-c3cccc(C#N)c3)nc12. The zero-order valence-corrected chi connectivity index (χ0v) is 11.9. The Kier molecular flexibility index (Phi) is 3.54. The number of fused-ring (bicyclic) bond motifs is 1. The maximum Gasteiger partial charge on any atom is 0.245 e. The average Bonchev–Trinajstić information content (AvgIpc) is 2.55. The molecular formula is C16H13N5O. The number of ether oxygens (including phenoxy) is 1. The fourth-order valence-corrected chi connectivity index (χ4v) is 2.15. The molecule has 22 heavy (non-hydrogen) atoms. The van der Waals surface area contributed by atoms with Gasteiger partial charge in [0.1, 0.15) is 0 Å². The van der Waals surface area contributed by atoms with E-state index in [1.54, 1.807) is 12.1 Å². The van der Waals surface area contributed by atoms with Crippen LogP contribution in [0.3, 0.4) is 0 Å². The summed E-state index contributed by atoms with van der Waals surface area (Å²) in [5, 5.41) is 9.00. The van der Waals surface area contributed by atoms with Crippen molar-refractivity contribution >= 4 is 17.0 Å². The van der Waals surface area contributed by atoms with Gasteiger partial charge in [-0.3, -0.25) is 0 Å². The zero-order valence-electron chi connectivity index (χ0n) is 11.9. The van der Waals surface area contributed by atoms with Crippen LogP contribution >= 0.6 is 0 Å². The first-order valence-corrected chi connectivity index (χ1v) is 6.79. The first kappa shape index (κ1) is 13.8. The number of rotatable bonds is 3. The molecule has 0 aliphatic carbocycles. The first-order valence-electron chi connectivity index (χ1n) is 6.79. The van der Waals surface area contributed by atoms with Gasteiger partial charge in [-0.15, -0.1) is 0 Å². The quantitative estimate of drug-likeness (QED) is 0.796. The molecule has 0 aliphatic heterocycles. The number of nitrogens with zero attached hydrogens (tertiary/aromatic N) is 4. The van der Waals surface area contributed by atoms with Crippen LogP contribution in [0.1, 0.15) is 12.5 Å². The molecular weight excluding hydrogens is 278 g/mol. The van der Waals surface area contributed by atoms with Crippen molar-refractivity contribution in [3.05, 3.63) is 42.0 Å². The molecule has 0 saturated heterocycles. The van der Waals surface area contributed by atoms with E-state index in [4.69, 9.17) is 15.7 Å². The minimum Gasteiger partial charge on any atom is -0.476 e. The fraction of sp³-hybridized carbons (Fsp3) is 0.125. The molecule has 6 heteroatoms. The van der Waals surface area contributed by atoms with Crippen molar-refractivity contribution in [1.29, 1.82) is 5.26 Å². The number of anilines is 1. The average molecular weight is 291 g/mol. The van der Waals surface area contributed by atoms with Gasteiger partial charge >= 0.3 is 0 Å². The second kappa shape index (κ2) is 5.66. The second-order valence-electron chi connectivity index (χ2n) is 4.58. The highest BCUT2D eigenvalue weighted by Gasteiger charge is 2.11. The molecule has 3 aromatic rings. The Hall–Kier alpha value is -3.20. The predicted molar refractivity (Wildman–Crippen MR) is 83.1 cm³/mol. The van der Waals surface area contributed by atoms with Crippen molar-refractivity contribution in [3.8, 4) is 23.2 Å². The molecule has 108 valence electrons. The molecule has 3 rings (SSSR count). The Balaban J connectivity index is 2.18. The van der Waals surface area contributed by atoms with Crippen LogP contribution in [0.4, 0.5) is 5.95 Å². The monoisotopic (exact) mass is 291 g/mol. The molecule has 0 aliphatic rings. The summed E-state index contributed by atoms with van der Waals surface area (Å²) in [7, 11) is 0. The Morgan fingerprint density at radius 3 is 2.82 bits per heavy atom. The summed E-state index contributed by atoms with van der Waals surface area (Å²) in [6.07, 6.45) is 0. The number of hydrogen-bond acceptors (Lipinski definition) is 6. The second-order valence-corrected chi connectivity index (χ2v) is 4.58. The number of hydrogen-bond donors (Lipinski definition) is 1. The van der Waals surface area contributed by atoms with Crippen LogP contribution in [0, 0.1) is 11.3 Å². The fourth-order valence-electron chi connectivity index (χ4n) is 2.15. The number of nitrogens with two attached hydrogens (primary N) is 1. The van der Waals surface area contributed by atoms with Gasteiger partial charge in [0.25, 0.3) is 0 Å². The van der Waals surface area contributed by atoms with Crippen molar-refractivity contribution in [1.82, 2.24) is 15.0 Å². The van der Waals surface area contributed by atoms with E-state index in [0.29, 0.717) is 29.1 Å². The van der Waals surface area contributed by atoms with E-state index in [2.05, 4.69) is 21.0 Å². The minimum atomic E-state index is 0.150. The largest absolute Gasteiger partial charge is 0.476 e. The van der Waals surface area contributed by atoms with Crippen LogP contribution in [-0.4, -0.2) is 21.6 Å². The molecule has 2 aromatic heterocycles. The Morgan fingerprint density at radius 2 is 2.05 bits per heavy atom. The normalized spacial score (nSPS) is 10.4. The molecule has 0 unspecified atom stereocenters. The van der Waals surface area contributed by atoms with E-state index in [-0.39, 0.29) is 5.95 Å². The molecule has 0 atom stereocenters.